The van der Waals surface area contributed by atoms with Gasteiger partial charge in [0.2, 0.25) is 0 Å². The summed E-state index contributed by atoms with van der Waals surface area (Å²) in [7, 11) is 0. The summed E-state index contributed by atoms with van der Waals surface area (Å²) in [6.07, 6.45) is -0.744. The SMILES string of the molecule is CCNC(=NCc1nc(C(C)C)cs1)NCC(O)COc1cccc(Cl)c1Cl.I. The molecular formula is C19H27Cl2IN4O2S. The van der Waals surface area contributed by atoms with Gasteiger partial charge in [-0.2, -0.15) is 0 Å². The Balaban J connectivity index is 0.00000420. The normalized spacial score (nSPS) is 12.4. The third-order valence-electron chi connectivity index (χ3n) is 3.73. The molecule has 0 aliphatic rings. The second kappa shape index (κ2) is 13.5. The molecular weight excluding hydrogens is 546 g/mol. The third-order valence-corrected chi connectivity index (χ3v) is 5.38. The largest absolute Gasteiger partial charge is 0.489 e. The van der Waals surface area contributed by atoms with Crippen molar-refractivity contribution >= 4 is 64.5 Å². The Bertz CT molecular complexity index is 789. The first-order chi connectivity index (χ1) is 13.4. The molecule has 162 valence electrons. The molecule has 0 saturated carbocycles. The monoisotopic (exact) mass is 572 g/mol. The quantitative estimate of drug-likeness (QED) is 0.231. The smallest absolute Gasteiger partial charge is 0.191 e. The van der Waals surface area contributed by atoms with Gasteiger partial charge in [0, 0.05) is 18.5 Å². The maximum absolute atomic E-state index is 10.2. The average Bonchev–Trinajstić information content (AvgIpc) is 3.14. The van der Waals surface area contributed by atoms with E-state index in [1.807, 2.05) is 6.92 Å². The van der Waals surface area contributed by atoms with Gasteiger partial charge in [-0.1, -0.05) is 43.1 Å². The molecule has 0 radical (unpaired) electrons. The summed E-state index contributed by atoms with van der Waals surface area (Å²) >= 11 is 13.6. The summed E-state index contributed by atoms with van der Waals surface area (Å²) in [5.74, 6) is 1.46. The number of nitrogens with zero attached hydrogens (tertiary/aromatic N) is 2. The van der Waals surface area contributed by atoms with Gasteiger partial charge >= 0.3 is 0 Å². The second-order valence-electron chi connectivity index (χ2n) is 6.41. The lowest BCUT2D eigenvalue weighted by Gasteiger charge is -2.16. The number of hydrogen-bond donors (Lipinski definition) is 3. The number of aliphatic hydroxyl groups is 1. The highest BCUT2D eigenvalue weighted by atomic mass is 127. The Kier molecular flexibility index (Phi) is 12.2. The molecule has 3 N–H and O–H groups in total. The molecule has 1 aromatic heterocycles. The highest BCUT2D eigenvalue weighted by Crippen LogP contribution is 2.31. The number of halogens is 3. The van der Waals surface area contributed by atoms with E-state index in [0.717, 1.165) is 10.7 Å². The second-order valence-corrected chi connectivity index (χ2v) is 8.14. The van der Waals surface area contributed by atoms with Crippen molar-refractivity contribution in [3.05, 3.63) is 44.3 Å². The summed E-state index contributed by atoms with van der Waals surface area (Å²) in [6, 6.07) is 5.13. The lowest BCUT2D eigenvalue weighted by atomic mass is 10.2. The van der Waals surface area contributed by atoms with E-state index in [9.17, 15) is 5.11 Å². The molecule has 2 aromatic rings. The summed E-state index contributed by atoms with van der Waals surface area (Å²) in [6.45, 7) is 7.78. The number of aliphatic imine (C=N–C) groups is 1. The first-order valence-electron chi connectivity index (χ1n) is 9.12. The van der Waals surface area contributed by atoms with Crippen LogP contribution in [0.3, 0.4) is 0 Å². The van der Waals surface area contributed by atoms with Crippen molar-refractivity contribution in [2.45, 2.75) is 39.3 Å². The highest BCUT2D eigenvalue weighted by Gasteiger charge is 2.11. The van der Waals surface area contributed by atoms with Crippen molar-refractivity contribution in [1.29, 1.82) is 0 Å². The van der Waals surface area contributed by atoms with Crippen molar-refractivity contribution in [3.8, 4) is 5.75 Å². The van der Waals surface area contributed by atoms with Gasteiger partial charge in [-0.3, -0.25) is 0 Å². The minimum Gasteiger partial charge on any atom is -0.489 e. The summed E-state index contributed by atoms with van der Waals surface area (Å²) < 4.78 is 5.55. The molecule has 29 heavy (non-hydrogen) atoms. The van der Waals surface area contributed by atoms with Crippen LogP contribution in [0.2, 0.25) is 10.0 Å². The van der Waals surface area contributed by atoms with Crippen LogP contribution in [0.1, 0.15) is 37.4 Å². The number of aromatic nitrogens is 1. The minimum absolute atomic E-state index is 0. The van der Waals surface area contributed by atoms with Gasteiger partial charge in [0.15, 0.2) is 5.96 Å². The zero-order chi connectivity index (χ0) is 20.5. The predicted octanol–water partition coefficient (Wildman–Crippen LogP) is 4.69. The molecule has 6 nitrogen and oxygen atoms in total. The van der Waals surface area contributed by atoms with E-state index in [2.05, 4.69) is 39.8 Å². The van der Waals surface area contributed by atoms with Crippen LogP contribution in [0.5, 0.6) is 5.75 Å². The fraction of sp³-hybridized carbons (Fsp3) is 0.474. The van der Waals surface area contributed by atoms with E-state index < -0.39 is 6.10 Å². The Morgan fingerprint density at radius 2 is 2.07 bits per heavy atom. The van der Waals surface area contributed by atoms with Crippen LogP contribution < -0.4 is 15.4 Å². The van der Waals surface area contributed by atoms with Crippen LogP contribution in [0.4, 0.5) is 0 Å². The van der Waals surface area contributed by atoms with Crippen LogP contribution in [-0.4, -0.2) is 41.9 Å². The number of aliphatic hydroxyl groups excluding tert-OH is 1. The molecule has 0 spiro atoms. The van der Waals surface area contributed by atoms with Gasteiger partial charge in [0.1, 0.15) is 28.5 Å². The van der Waals surface area contributed by atoms with Gasteiger partial charge in [-0.25, -0.2) is 9.98 Å². The fourth-order valence-corrected chi connectivity index (χ4v) is 3.43. The van der Waals surface area contributed by atoms with Crippen molar-refractivity contribution < 1.29 is 9.84 Å². The zero-order valence-corrected chi connectivity index (χ0v) is 21.3. The van der Waals surface area contributed by atoms with E-state index in [0.29, 0.717) is 40.8 Å². The Labute approximate surface area is 203 Å². The van der Waals surface area contributed by atoms with E-state index in [1.54, 1.807) is 29.5 Å². The van der Waals surface area contributed by atoms with E-state index in [-0.39, 0.29) is 37.1 Å². The maximum Gasteiger partial charge on any atom is 0.191 e. The molecule has 0 amide bonds. The Morgan fingerprint density at radius 3 is 2.72 bits per heavy atom. The fourth-order valence-electron chi connectivity index (χ4n) is 2.21. The van der Waals surface area contributed by atoms with Crippen LogP contribution in [-0.2, 0) is 6.54 Å². The first-order valence-corrected chi connectivity index (χ1v) is 10.8. The molecule has 1 atom stereocenters. The number of guanidine groups is 1. The summed E-state index contributed by atoms with van der Waals surface area (Å²) in [5, 5.41) is 20.2. The Morgan fingerprint density at radius 1 is 1.31 bits per heavy atom. The van der Waals surface area contributed by atoms with Gasteiger partial charge in [-0.05, 0) is 25.0 Å². The lowest BCUT2D eigenvalue weighted by Crippen LogP contribution is -2.42. The summed E-state index contributed by atoms with van der Waals surface area (Å²) in [5.41, 5.74) is 1.08. The number of nitrogens with one attached hydrogen (secondary N) is 2. The lowest BCUT2D eigenvalue weighted by molar-refractivity contribution is 0.110. The van der Waals surface area contributed by atoms with Crippen LogP contribution >= 0.6 is 58.5 Å². The molecule has 0 saturated heterocycles. The van der Waals surface area contributed by atoms with Crippen molar-refractivity contribution in [1.82, 2.24) is 15.6 Å². The van der Waals surface area contributed by atoms with Gasteiger partial charge in [0.25, 0.3) is 0 Å². The first kappa shape index (κ1) is 26.2. The van der Waals surface area contributed by atoms with Crippen LogP contribution in [0, 0.1) is 0 Å². The Hall–Kier alpha value is -0.810. The van der Waals surface area contributed by atoms with Gasteiger partial charge in [-0.15, -0.1) is 35.3 Å². The standard InChI is InChI=1S/C19H26Cl2N4O2S.HI/c1-4-22-19(24-9-17-25-15(11-28-17)12(2)3)23-8-13(26)10-27-16-7-5-6-14(20)18(16)21;/h5-7,11-13,26H,4,8-10H2,1-3H3,(H2,22,23,24);1H. The van der Waals surface area contributed by atoms with E-state index in [1.165, 1.54) is 0 Å². The molecule has 0 aliphatic carbocycles. The van der Waals surface area contributed by atoms with E-state index >= 15 is 0 Å². The number of thiazole rings is 1. The summed E-state index contributed by atoms with van der Waals surface area (Å²) in [4.78, 5) is 9.10. The van der Waals surface area contributed by atoms with Gasteiger partial charge in [0.05, 0.1) is 17.3 Å². The molecule has 1 aromatic carbocycles. The van der Waals surface area contributed by atoms with Crippen LogP contribution in [0.15, 0.2) is 28.6 Å². The highest BCUT2D eigenvalue weighted by molar-refractivity contribution is 14.0. The number of benzene rings is 1. The predicted molar refractivity (Wildman–Crippen MR) is 132 cm³/mol. The molecule has 10 heteroatoms. The maximum atomic E-state index is 10.2. The van der Waals surface area contributed by atoms with Gasteiger partial charge < -0.3 is 20.5 Å². The minimum atomic E-state index is -0.744. The average molecular weight is 573 g/mol. The van der Waals surface area contributed by atoms with Crippen molar-refractivity contribution in [2.75, 3.05) is 19.7 Å². The third kappa shape index (κ3) is 8.84. The van der Waals surface area contributed by atoms with Crippen molar-refractivity contribution in [2.24, 2.45) is 4.99 Å². The van der Waals surface area contributed by atoms with Crippen molar-refractivity contribution in [3.63, 3.8) is 0 Å². The molecule has 1 heterocycles. The molecule has 2 rings (SSSR count). The van der Waals surface area contributed by atoms with E-state index in [4.69, 9.17) is 27.9 Å². The molecule has 1 unspecified atom stereocenters. The molecule has 0 aliphatic heterocycles. The molecule has 0 bridgehead atoms. The number of hydrogen-bond acceptors (Lipinski definition) is 5. The topological polar surface area (TPSA) is 78.8 Å². The zero-order valence-electron chi connectivity index (χ0n) is 16.6. The number of ether oxygens (including phenoxy) is 1. The molecule has 0 fully saturated rings. The van der Waals surface area contributed by atoms with Crippen LogP contribution in [0.25, 0.3) is 0 Å². The number of rotatable bonds is 9.